The largest absolute Gasteiger partial charge is 0.481 e. The molecule has 35 heavy (non-hydrogen) atoms. The minimum absolute atomic E-state index is 0.0811. The van der Waals surface area contributed by atoms with Gasteiger partial charge < -0.3 is 20.1 Å². The van der Waals surface area contributed by atoms with Crippen LogP contribution in [0.15, 0.2) is 71.4 Å². The van der Waals surface area contributed by atoms with E-state index in [4.69, 9.17) is 4.74 Å². The van der Waals surface area contributed by atoms with Gasteiger partial charge in [-0.05, 0) is 66.3 Å². The molecular weight excluding hydrogens is 485 g/mol. The van der Waals surface area contributed by atoms with Gasteiger partial charge in [-0.2, -0.15) is 11.3 Å². The highest BCUT2D eigenvalue weighted by molar-refractivity contribution is 7.58. The predicted octanol–water partition coefficient (Wildman–Crippen LogP) is 6.15. The number of alkyl carbamates (subject to hydrolysis) is 1. The fraction of sp³-hybridized carbons (Fsp3) is 0.308. The number of carbonyl (C=O) groups excluding carboxylic acids is 1. The smallest absolute Gasteiger partial charge is 0.408 e. The summed E-state index contributed by atoms with van der Waals surface area (Å²) in [5, 5.41) is 16.4. The van der Waals surface area contributed by atoms with Crippen LogP contribution in [0.1, 0.15) is 37.7 Å². The van der Waals surface area contributed by atoms with Crippen LogP contribution in [0.25, 0.3) is 11.1 Å². The van der Waals surface area contributed by atoms with Crippen molar-refractivity contribution in [1.29, 1.82) is 0 Å². The molecule has 3 rings (SSSR count). The van der Waals surface area contributed by atoms with Crippen LogP contribution in [-0.4, -0.2) is 33.8 Å². The SMILES string of the molecule is CC(C)(C)OC(=O)NC(c1ccccc1)P(=O)(O)CC(Cc1ccc(-c2ccsc2)cc1)C(=O)O. The monoisotopic (exact) mass is 515 g/mol. The fourth-order valence-electron chi connectivity index (χ4n) is 3.67. The molecule has 1 heterocycles. The second-order valence-electron chi connectivity index (χ2n) is 9.35. The molecule has 0 aliphatic carbocycles. The van der Waals surface area contributed by atoms with Crippen molar-refractivity contribution in [1.82, 2.24) is 5.32 Å². The summed E-state index contributed by atoms with van der Waals surface area (Å²) >= 11 is 1.59. The van der Waals surface area contributed by atoms with Gasteiger partial charge >= 0.3 is 12.1 Å². The highest BCUT2D eigenvalue weighted by Crippen LogP contribution is 2.55. The molecule has 0 fully saturated rings. The third-order valence-electron chi connectivity index (χ3n) is 5.29. The van der Waals surface area contributed by atoms with E-state index >= 15 is 0 Å². The molecule has 9 heteroatoms. The van der Waals surface area contributed by atoms with Crippen LogP contribution in [0.5, 0.6) is 0 Å². The van der Waals surface area contributed by atoms with Gasteiger partial charge in [0.15, 0.2) is 0 Å². The maximum Gasteiger partial charge on any atom is 0.408 e. The molecule has 0 saturated heterocycles. The maximum atomic E-state index is 13.6. The molecule has 0 bridgehead atoms. The summed E-state index contributed by atoms with van der Waals surface area (Å²) < 4.78 is 18.8. The summed E-state index contributed by atoms with van der Waals surface area (Å²) in [6.45, 7) is 5.06. The molecule has 0 aliphatic heterocycles. The highest BCUT2D eigenvalue weighted by Gasteiger charge is 2.39. The Morgan fingerprint density at radius 3 is 2.23 bits per heavy atom. The fourth-order valence-corrected chi connectivity index (χ4v) is 6.41. The van der Waals surface area contributed by atoms with E-state index in [2.05, 4.69) is 5.32 Å². The van der Waals surface area contributed by atoms with E-state index in [0.29, 0.717) is 5.56 Å². The van der Waals surface area contributed by atoms with E-state index in [-0.39, 0.29) is 6.42 Å². The van der Waals surface area contributed by atoms with Crippen LogP contribution >= 0.6 is 18.7 Å². The van der Waals surface area contributed by atoms with Crippen molar-refractivity contribution in [3.05, 3.63) is 82.6 Å². The number of carboxylic acids is 1. The second kappa shape index (κ2) is 11.2. The number of hydrogen-bond donors (Lipinski definition) is 3. The highest BCUT2D eigenvalue weighted by atomic mass is 32.1. The van der Waals surface area contributed by atoms with Crippen molar-refractivity contribution in [2.24, 2.45) is 5.92 Å². The van der Waals surface area contributed by atoms with Gasteiger partial charge in [0.05, 0.1) is 5.92 Å². The van der Waals surface area contributed by atoms with E-state index in [1.807, 2.05) is 41.1 Å². The van der Waals surface area contributed by atoms with Gasteiger partial charge in [0.1, 0.15) is 11.4 Å². The molecule has 0 saturated carbocycles. The lowest BCUT2D eigenvalue weighted by molar-refractivity contribution is -0.141. The van der Waals surface area contributed by atoms with Crippen molar-refractivity contribution in [2.45, 2.75) is 38.6 Å². The van der Waals surface area contributed by atoms with Crippen molar-refractivity contribution in [3.8, 4) is 11.1 Å². The van der Waals surface area contributed by atoms with Crippen molar-refractivity contribution in [3.63, 3.8) is 0 Å². The predicted molar refractivity (Wildman–Crippen MR) is 138 cm³/mol. The number of carbonyl (C=O) groups is 2. The van der Waals surface area contributed by atoms with E-state index in [1.165, 1.54) is 0 Å². The first-order chi connectivity index (χ1) is 16.4. The van der Waals surface area contributed by atoms with Crippen molar-refractivity contribution >= 4 is 30.8 Å². The topological polar surface area (TPSA) is 113 Å². The number of hydrogen-bond acceptors (Lipinski definition) is 5. The van der Waals surface area contributed by atoms with Gasteiger partial charge in [-0.3, -0.25) is 9.36 Å². The minimum Gasteiger partial charge on any atom is -0.481 e. The lowest BCUT2D eigenvalue weighted by Gasteiger charge is -2.28. The van der Waals surface area contributed by atoms with Crippen LogP contribution in [0, 0.1) is 5.92 Å². The van der Waals surface area contributed by atoms with E-state index in [0.717, 1.165) is 16.7 Å². The molecule has 3 N–H and O–H groups in total. The minimum atomic E-state index is -4.23. The van der Waals surface area contributed by atoms with Crippen LogP contribution in [0.4, 0.5) is 4.79 Å². The van der Waals surface area contributed by atoms with Gasteiger partial charge in [-0.15, -0.1) is 0 Å². The summed E-state index contributed by atoms with van der Waals surface area (Å²) in [5.74, 6) is -3.60. The molecule has 1 aromatic heterocycles. The number of nitrogens with one attached hydrogen (secondary N) is 1. The Kier molecular flexibility index (Phi) is 8.54. The Morgan fingerprint density at radius 1 is 1.03 bits per heavy atom. The Hall–Kier alpha value is -2.93. The van der Waals surface area contributed by atoms with Gasteiger partial charge in [-0.25, -0.2) is 4.79 Å². The Labute approximate surface area is 209 Å². The third-order valence-corrected chi connectivity index (χ3v) is 8.18. The number of rotatable bonds is 9. The second-order valence-corrected chi connectivity index (χ2v) is 12.5. The zero-order chi connectivity index (χ0) is 25.6. The number of benzene rings is 2. The number of ether oxygens (including phenoxy) is 1. The number of carboxylic acid groups (broad SMARTS) is 1. The molecule has 2 aromatic carbocycles. The standard InChI is InChI=1S/C26H30NO6PS/c1-26(2,3)33-25(30)27-23(20-7-5-4-6-8-20)34(31,32)16-22(24(28)29)15-18-9-11-19(12-10-18)21-13-14-35-17-21/h4-14,17,22-23H,15-16H2,1-3H3,(H,27,30)(H,28,29)(H,31,32). The molecular formula is C26H30NO6PS. The zero-order valence-corrected chi connectivity index (χ0v) is 21.6. The van der Waals surface area contributed by atoms with Gasteiger partial charge in [0, 0.05) is 6.16 Å². The van der Waals surface area contributed by atoms with E-state index in [9.17, 15) is 24.2 Å². The van der Waals surface area contributed by atoms with E-state index < -0.39 is 42.9 Å². The van der Waals surface area contributed by atoms with Crippen LogP contribution in [0.3, 0.4) is 0 Å². The summed E-state index contributed by atoms with van der Waals surface area (Å²) in [4.78, 5) is 35.6. The van der Waals surface area contributed by atoms with Crippen LogP contribution in [0.2, 0.25) is 0 Å². The van der Waals surface area contributed by atoms with Gasteiger partial charge in [-0.1, -0.05) is 54.6 Å². The maximum absolute atomic E-state index is 13.6. The number of thiophene rings is 1. The molecule has 3 atom stereocenters. The lowest BCUT2D eigenvalue weighted by atomic mass is 9.99. The Balaban J connectivity index is 1.81. The average Bonchev–Trinajstić information content (AvgIpc) is 3.31. The summed E-state index contributed by atoms with van der Waals surface area (Å²) in [5.41, 5.74) is 2.43. The van der Waals surface area contributed by atoms with Crippen molar-refractivity contribution < 1.29 is 28.9 Å². The molecule has 0 radical (unpaired) electrons. The number of amides is 1. The number of aliphatic carboxylic acids is 1. The van der Waals surface area contributed by atoms with Gasteiger partial charge in [0.2, 0.25) is 7.37 Å². The lowest BCUT2D eigenvalue weighted by Crippen LogP contribution is -2.36. The molecule has 0 spiro atoms. The Bertz CT molecular complexity index is 1170. The first-order valence-electron chi connectivity index (χ1n) is 11.1. The zero-order valence-electron chi connectivity index (χ0n) is 19.9. The summed E-state index contributed by atoms with van der Waals surface area (Å²) in [7, 11) is -4.23. The average molecular weight is 516 g/mol. The first-order valence-corrected chi connectivity index (χ1v) is 14.0. The van der Waals surface area contributed by atoms with Crippen LogP contribution < -0.4 is 5.32 Å². The molecule has 1 amide bonds. The van der Waals surface area contributed by atoms with Gasteiger partial charge in [0.25, 0.3) is 0 Å². The van der Waals surface area contributed by atoms with Crippen LogP contribution in [-0.2, 0) is 20.5 Å². The molecule has 186 valence electrons. The quantitative estimate of drug-likeness (QED) is 0.295. The summed E-state index contributed by atoms with van der Waals surface area (Å²) in [6.07, 6.45) is -1.28. The molecule has 7 nitrogen and oxygen atoms in total. The third kappa shape index (κ3) is 7.79. The van der Waals surface area contributed by atoms with Crippen molar-refractivity contribution in [2.75, 3.05) is 6.16 Å². The molecule has 3 unspecified atom stereocenters. The first kappa shape index (κ1) is 26.7. The normalized spacial score (nSPS) is 15.0. The Morgan fingerprint density at radius 2 is 1.69 bits per heavy atom. The van der Waals surface area contributed by atoms with E-state index in [1.54, 1.807) is 62.4 Å². The summed E-state index contributed by atoms with van der Waals surface area (Å²) in [6, 6.07) is 17.8. The molecule has 0 aliphatic rings. The molecule has 3 aromatic rings.